The Labute approximate surface area is 169 Å². The van der Waals surface area contributed by atoms with Gasteiger partial charge in [-0.05, 0) is 31.3 Å². The van der Waals surface area contributed by atoms with Crippen molar-refractivity contribution in [2.45, 2.75) is 32.6 Å². The predicted molar refractivity (Wildman–Crippen MR) is 113 cm³/mol. The maximum atomic E-state index is 13.8. The van der Waals surface area contributed by atoms with Crippen LogP contribution in [0.1, 0.15) is 19.5 Å². The summed E-state index contributed by atoms with van der Waals surface area (Å²) in [6.07, 6.45) is 6.95. The molecule has 0 radical (unpaired) electrons. The number of halogens is 1. The summed E-state index contributed by atoms with van der Waals surface area (Å²) < 4.78 is 21.3. The van der Waals surface area contributed by atoms with Crippen molar-refractivity contribution in [2.24, 2.45) is 4.99 Å². The molecule has 3 aromatic heterocycles. The first-order valence-electron chi connectivity index (χ1n) is 9.57. The van der Waals surface area contributed by atoms with Gasteiger partial charge in [0.25, 0.3) is 0 Å². The van der Waals surface area contributed by atoms with E-state index in [2.05, 4.69) is 35.8 Å². The van der Waals surface area contributed by atoms with Crippen LogP contribution in [0.2, 0.25) is 5.31 Å². The number of aromatic nitrogens is 5. The van der Waals surface area contributed by atoms with Crippen molar-refractivity contribution in [3.05, 3.63) is 42.1 Å². The number of dihydropyridines is 1. The van der Waals surface area contributed by atoms with Gasteiger partial charge in [-0.3, -0.25) is 9.98 Å². The van der Waals surface area contributed by atoms with Crippen LogP contribution in [-0.4, -0.2) is 51.2 Å². The number of fused-ring (bicyclic) bond motifs is 1. The Hall–Kier alpha value is -3.10. The van der Waals surface area contributed by atoms with E-state index in [9.17, 15) is 4.39 Å². The number of hydrogen-bond acceptors (Lipinski definition) is 6. The normalized spacial score (nSPS) is 18.8. The fraction of sp³-hybridized carbons (Fsp3) is 0.350. The highest BCUT2D eigenvalue weighted by Crippen LogP contribution is 2.29. The Morgan fingerprint density at radius 1 is 1.28 bits per heavy atom. The van der Waals surface area contributed by atoms with E-state index in [4.69, 9.17) is 14.7 Å². The van der Waals surface area contributed by atoms with Crippen LogP contribution >= 0.6 is 0 Å². The van der Waals surface area contributed by atoms with E-state index in [1.54, 1.807) is 6.20 Å². The zero-order chi connectivity index (χ0) is 20.6. The van der Waals surface area contributed by atoms with Gasteiger partial charge in [0.2, 0.25) is 0 Å². The van der Waals surface area contributed by atoms with Crippen molar-refractivity contribution in [3.63, 3.8) is 0 Å². The molecule has 4 rings (SSSR count). The van der Waals surface area contributed by atoms with Crippen molar-refractivity contribution in [1.29, 1.82) is 0 Å². The molecule has 148 valence electrons. The second-order valence-electron chi connectivity index (χ2n) is 7.74. The fourth-order valence-electron chi connectivity index (χ4n) is 3.21. The quantitative estimate of drug-likeness (QED) is 0.624. The van der Waals surface area contributed by atoms with Crippen LogP contribution in [0.5, 0.6) is 6.01 Å². The lowest BCUT2D eigenvalue weighted by Crippen LogP contribution is -2.19. The largest absolute Gasteiger partial charge is 0.464 e. The van der Waals surface area contributed by atoms with Gasteiger partial charge in [-0.25, -0.2) is 9.37 Å². The molecule has 7 nitrogen and oxygen atoms in total. The van der Waals surface area contributed by atoms with Crippen LogP contribution in [0.15, 0.2) is 35.6 Å². The SMILES string of the molecule is BC1(C)C=CC(Cn2c(-c3cncc(F)c3)nc3c(C)nc(OCC)nc32)=NC1. The van der Waals surface area contributed by atoms with Gasteiger partial charge < -0.3 is 9.30 Å². The summed E-state index contributed by atoms with van der Waals surface area (Å²) in [5.41, 5.74) is 3.45. The number of nitrogens with zero attached hydrogens (tertiary/aromatic N) is 6. The molecule has 0 fully saturated rings. The number of rotatable bonds is 5. The highest BCUT2D eigenvalue weighted by molar-refractivity contribution is 6.17. The molecule has 0 spiro atoms. The van der Waals surface area contributed by atoms with Crippen molar-refractivity contribution in [3.8, 4) is 17.4 Å². The molecule has 0 bridgehead atoms. The molecular formula is C20H22BFN6O. The van der Waals surface area contributed by atoms with Crippen molar-refractivity contribution < 1.29 is 9.13 Å². The van der Waals surface area contributed by atoms with E-state index >= 15 is 0 Å². The van der Waals surface area contributed by atoms with E-state index in [1.165, 1.54) is 12.3 Å². The first kappa shape index (κ1) is 19.2. The summed E-state index contributed by atoms with van der Waals surface area (Å²) in [4.78, 5) is 22.3. The maximum Gasteiger partial charge on any atom is 0.318 e. The topological polar surface area (TPSA) is 78.1 Å². The number of imidazole rings is 1. The number of ether oxygens (including phenoxy) is 1. The number of hydrogen-bond donors (Lipinski definition) is 0. The Balaban J connectivity index is 1.87. The summed E-state index contributed by atoms with van der Waals surface area (Å²) in [6.45, 7) is 7.51. The number of allylic oxidation sites excluding steroid dienone is 1. The molecule has 0 saturated carbocycles. The van der Waals surface area contributed by atoms with Gasteiger partial charge in [-0.15, -0.1) is 0 Å². The van der Waals surface area contributed by atoms with Gasteiger partial charge in [0, 0.05) is 18.3 Å². The van der Waals surface area contributed by atoms with Crippen molar-refractivity contribution in [1.82, 2.24) is 24.5 Å². The van der Waals surface area contributed by atoms with Gasteiger partial charge in [0.15, 0.2) is 5.65 Å². The average molecular weight is 392 g/mol. The average Bonchev–Trinajstić information content (AvgIpc) is 3.03. The minimum Gasteiger partial charge on any atom is -0.464 e. The van der Waals surface area contributed by atoms with E-state index in [1.807, 2.05) is 24.5 Å². The summed E-state index contributed by atoms with van der Waals surface area (Å²) in [7, 11) is 2.14. The highest BCUT2D eigenvalue weighted by Gasteiger charge is 2.22. The predicted octanol–water partition coefficient (Wildman–Crippen LogP) is 2.56. The minimum atomic E-state index is -0.421. The molecular weight excluding hydrogens is 370 g/mol. The molecule has 0 aliphatic carbocycles. The molecule has 0 aromatic carbocycles. The molecule has 1 atom stereocenters. The second kappa shape index (κ2) is 7.38. The third-order valence-electron chi connectivity index (χ3n) is 4.72. The van der Waals surface area contributed by atoms with Crippen LogP contribution in [0.25, 0.3) is 22.6 Å². The van der Waals surface area contributed by atoms with Crippen molar-refractivity contribution in [2.75, 3.05) is 13.2 Å². The van der Waals surface area contributed by atoms with Gasteiger partial charge in [-0.1, -0.05) is 13.0 Å². The maximum absolute atomic E-state index is 13.8. The van der Waals surface area contributed by atoms with E-state index in [0.29, 0.717) is 54.0 Å². The summed E-state index contributed by atoms with van der Waals surface area (Å²) in [5, 5.41) is 0.0384. The van der Waals surface area contributed by atoms with Gasteiger partial charge >= 0.3 is 6.01 Å². The van der Waals surface area contributed by atoms with Crippen LogP contribution in [0, 0.1) is 12.7 Å². The summed E-state index contributed by atoms with van der Waals surface area (Å²) in [6, 6.07) is 1.71. The Bertz CT molecular complexity index is 1140. The zero-order valence-electron chi connectivity index (χ0n) is 17.0. The van der Waals surface area contributed by atoms with Crippen LogP contribution in [0.3, 0.4) is 0 Å². The minimum absolute atomic E-state index is 0.0384. The number of pyridine rings is 1. The fourth-order valence-corrected chi connectivity index (χ4v) is 3.21. The molecule has 1 aliphatic heterocycles. The van der Waals surface area contributed by atoms with E-state index in [-0.39, 0.29) is 5.31 Å². The van der Waals surface area contributed by atoms with Gasteiger partial charge in [-0.2, -0.15) is 9.97 Å². The molecule has 1 aliphatic rings. The molecule has 3 aromatic rings. The smallest absolute Gasteiger partial charge is 0.318 e. The Morgan fingerprint density at radius 2 is 2.10 bits per heavy atom. The van der Waals surface area contributed by atoms with E-state index < -0.39 is 5.82 Å². The molecule has 0 saturated heterocycles. The van der Waals surface area contributed by atoms with E-state index in [0.717, 1.165) is 5.71 Å². The first-order valence-corrected chi connectivity index (χ1v) is 9.57. The van der Waals surface area contributed by atoms with Gasteiger partial charge in [0.1, 0.15) is 25.0 Å². The zero-order valence-corrected chi connectivity index (χ0v) is 17.0. The first-order chi connectivity index (χ1) is 13.9. The Kier molecular flexibility index (Phi) is 4.90. The molecule has 29 heavy (non-hydrogen) atoms. The summed E-state index contributed by atoms with van der Waals surface area (Å²) in [5.74, 6) is 0.148. The standard InChI is InChI=1S/C20H22BFN6O/c1-4-29-19-25-12(2)16-18(27-19)28(10-15-5-6-20(3,21)11-24-15)17(26-16)13-7-14(22)9-23-8-13/h5-9H,4,10-11,21H2,1-3H3. The number of aryl methyl sites for hydroxylation is 1. The Morgan fingerprint density at radius 3 is 2.79 bits per heavy atom. The molecule has 0 amide bonds. The lowest BCUT2D eigenvalue weighted by Gasteiger charge is -2.22. The molecule has 4 heterocycles. The third kappa shape index (κ3) is 3.90. The lowest BCUT2D eigenvalue weighted by molar-refractivity contribution is 0.313. The highest BCUT2D eigenvalue weighted by atomic mass is 19.1. The van der Waals surface area contributed by atoms with Crippen LogP contribution in [0.4, 0.5) is 4.39 Å². The second-order valence-corrected chi connectivity index (χ2v) is 7.74. The third-order valence-corrected chi connectivity index (χ3v) is 4.72. The molecule has 1 unspecified atom stereocenters. The summed E-state index contributed by atoms with van der Waals surface area (Å²) >= 11 is 0. The monoisotopic (exact) mass is 392 g/mol. The number of aliphatic imine (C=N–C) groups is 1. The van der Waals surface area contributed by atoms with Crippen molar-refractivity contribution >= 4 is 24.7 Å². The molecule has 0 N–H and O–H groups in total. The van der Waals surface area contributed by atoms with Crippen LogP contribution < -0.4 is 4.74 Å². The van der Waals surface area contributed by atoms with Gasteiger partial charge in [0.05, 0.1) is 30.8 Å². The van der Waals surface area contributed by atoms with Crippen LogP contribution in [-0.2, 0) is 6.54 Å². The lowest BCUT2D eigenvalue weighted by atomic mass is 9.69. The molecule has 9 heteroatoms.